The number of aliphatic hydroxyl groups is 1. The highest BCUT2D eigenvalue weighted by Crippen LogP contribution is 2.29. The van der Waals surface area contributed by atoms with Crippen molar-refractivity contribution < 1.29 is 19.4 Å². The molecule has 3 rings (SSSR count). The number of nitrogens with zero attached hydrogens (tertiary/aromatic N) is 1. The van der Waals surface area contributed by atoms with Crippen molar-refractivity contribution >= 4 is 17.8 Å². The number of ether oxygens (including phenoxy) is 2. The molecule has 0 saturated heterocycles. The third-order valence-corrected chi connectivity index (χ3v) is 4.06. The van der Waals surface area contributed by atoms with Gasteiger partial charge in [0.2, 0.25) is 0 Å². The maximum absolute atomic E-state index is 12.0. The van der Waals surface area contributed by atoms with Crippen LogP contribution >= 0.6 is 0 Å². The summed E-state index contributed by atoms with van der Waals surface area (Å²) < 4.78 is 10.9. The largest absolute Gasteiger partial charge is 0.505 e. The molecular weight excluding hydrogens is 342 g/mol. The smallest absolute Gasteiger partial charge is 0.343 e. The number of aliphatic imine (C=N–C) groups is 1. The minimum atomic E-state index is -0.576. The van der Waals surface area contributed by atoms with Crippen LogP contribution < -0.4 is 4.74 Å². The topological polar surface area (TPSA) is 68.1 Å². The predicted octanol–water partition coefficient (Wildman–Crippen LogP) is 4.46. The van der Waals surface area contributed by atoms with Gasteiger partial charge in [-0.05, 0) is 31.6 Å². The first kappa shape index (κ1) is 18.5. The van der Waals surface area contributed by atoms with Crippen molar-refractivity contribution in [2.24, 2.45) is 4.99 Å². The normalized spacial score (nSPS) is 15.0. The van der Waals surface area contributed by atoms with E-state index < -0.39 is 5.97 Å². The average Bonchev–Trinajstić information content (AvgIpc) is 2.95. The first-order valence-corrected chi connectivity index (χ1v) is 8.74. The molecule has 5 nitrogen and oxygen atoms in total. The second-order valence-corrected chi connectivity index (χ2v) is 5.98. The number of hydrogen-bond donors (Lipinski definition) is 1. The molecule has 27 heavy (non-hydrogen) atoms. The van der Waals surface area contributed by atoms with Crippen LogP contribution in [0.1, 0.15) is 25.0 Å². The van der Waals surface area contributed by atoms with Gasteiger partial charge in [-0.15, -0.1) is 0 Å². The van der Waals surface area contributed by atoms with Crippen LogP contribution in [0.2, 0.25) is 0 Å². The summed E-state index contributed by atoms with van der Waals surface area (Å²) in [4.78, 5) is 16.3. The summed E-state index contributed by atoms with van der Waals surface area (Å²) in [6.07, 6.45) is 1.70. The Kier molecular flexibility index (Phi) is 5.71. The Hall–Kier alpha value is -3.34. The van der Waals surface area contributed by atoms with E-state index in [2.05, 4.69) is 4.99 Å². The molecule has 2 aromatic carbocycles. The number of aliphatic hydroxyl groups excluding tert-OH is 1. The highest BCUT2D eigenvalue weighted by molar-refractivity contribution is 6.22. The Balaban J connectivity index is 1.86. The average molecular weight is 363 g/mol. The van der Waals surface area contributed by atoms with Crippen LogP contribution in [-0.2, 0) is 16.1 Å². The minimum Gasteiger partial charge on any atom is -0.505 e. The molecular formula is C22H21NO4. The summed E-state index contributed by atoms with van der Waals surface area (Å²) in [5, 5.41) is 10.4. The Bertz CT molecular complexity index is 926. The van der Waals surface area contributed by atoms with E-state index >= 15 is 0 Å². The number of rotatable bonds is 6. The molecule has 0 unspecified atom stereocenters. The molecule has 0 aromatic heterocycles. The lowest BCUT2D eigenvalue weighted by molar-refractivity contribution is -0.138. The zero-order valence-electron chi connectivity index (χ0n) is 15.3. The Morgan fingerprint density at radius 3 is 2.56 bits per heavy atom. The van der Waals surface area contributed by atoms with Crippen LogP contribution in [0.4, 0.5) is 0 Å². The van der Waals surface area contributed by atoms with Crippen molar-refractivity contribution in [3.8, 4) is 5.75 Å². The summed E-state index contributed by atoms with van der Waals surface area (Å²) in [6, 6.07) is 17.3. The third-order valence-electron chi connectivity index (χ3n) is 4.06. The van der Waals surface area contributed by atoms with Crippen LogP contribution in [0.15, 0.2) is 76.6 Å². The number of esters is 1. The van der Waals surface area contributed by atoms with Gasteiger partial charge in [0.1, 0.15) is 23.6 Å². The van der Waals surface area contributed by atoms with Crippen molar-refractivity contribution in [1.29, 1.82) is 0 Å². The summed E-state index contributed by atoms with van der Waals surface area (Å²) in [5.74, 6) is -0.0869. The van der Waals surface area contributed by atoms with E-state index in [1.807, 2.05) is 54.6 Å². The number of para-hydroxylation sites is 1. The van der Waals surface area contributed by atoms with Gasteiger partial charge >= 0.3 is 5.97 Å². The van der Waals surface area contributed by atoms with Gasteiger partial charge in [-0.3, -0.25) is 0 Å². The maximum atomic E-state index is 12.0. The fraction of sp³-hybridized carbons (Fsp3) is 0.182. The molecule has 0 radical (unpaired) electrons. The highest BCUT2D eigenvalue weighted by atomic mass is 16.5. The summed E-state index contributed by atoms with van der Waals surface area (Å²) in [5.41, 5.74) is 2.66. The number of benzene rings is 2. The van der Waals surface area contributed by atoms with Crippen molar-refractivity contribution in [3.63, 3.8) is 0 Å². The molecule has 0 fully saturated rings. The predicted molar refractivity (Wildman–Crippen MR) is 105 cm³/mol. The molecule has 138 valence electrons. The monoisotopic (exact) mass is 363 g/mol. The summed E-state index contributed by atoms with van der Waals surface area (Å²) in [6.45, 7) is 4.05. The van der Waals surface area contributed by atoms with Gasteiger partial charge in [-0.1, -0.05) is 48.5 Å². The zero-order chi connectivity index (χ0) is 19.2. The molecule has 1 N–H and O–H groups in total. The molecule has 5 heteroatoms. The van der Waals surface area contributed by atoms with Crippen LogP contribution in [0.25, 0.3) is 6.08 Å². The quantitative estimate of drug-likeness (QED) is 0.770. The molecule has 1 aliphatic rings. The Morgan fingerprint density at radius 1 is 1.11 bits per heavy atom. The molecule has 0 saturated carbocycles. The van der Waals surface area contributed by atoms with E-state index in [1.54, 1.807) is 19.9 Å². The molecule has 1 heterocycles. The van der Waals surface area contributed by atoms with Gasteiger partial charge < -0.3 is 14.6 Å². The maximum Gasteiger partial charge on any atom is 0.343 e. The van der Waals surface area contributed by atoms with Crippen LogP contribution in [-0.4, -0.2) is 23.4 Å². The van der Waals surface area contributed by atoms with Crippen molar-refractivity contribution in [2.45, 2.75) is 20.5 Å². The van der Waals surface area contributed by atoms with E-state index in [0.717, 1.165) is 11.1 Å². The van der Waals surface area contributed by atoms with Crippen LogP contribution in [0.3, 0.4) is 0 Å². The first-order chi connectivity index (χ1) is 13.1. The van der Waals surface area contributed by atoms with Gasteiger partial charge in [0.05, 0.1) is 12.3 Å². The fourth-order valence-corrected chi connectivity index (χ4v) is 2.75. The molecule has 0 bridgehead atoms. The minimum absolute atomic E-state index is 0.103. The molecule has 0 spiro atoms. The second-order valence-electron chi connectivity index (χ2n) is 5.98. The van der Waals surface area contributed by atoms with E-state index in [9.17, 15) is 9.90 Å². The second kappa shape index (κ2) is 8.36. The van der Waals surface area contributed by atoms with E-state index in [-0.39, 0.29) is 17.9 Å². The summed E-state index contributed by atoms with van der Waals surface area (Å²) in [7, 11) is 0. The van der Waals surface area contributed by atoms with Gasteiger partial charge in [0.25, 0.3) is 0 Å². The number of carbonyl (C=O) groups is 1. The van der Waals surface area contributed by atoms with Gasteiger partial charge in [0, 0.05) is 5.56 Å². The molecule has 0 atom stereocenters. The fourth-order valence-electron chi connectivity index (χ4n) is 2.75. The highest BCUT2D eigenvalue weighted by Gasteiger charge is 2.27. The molecule has 2 aromatic rings. The lowest BCUT2D eigenvalue weighted by Crippen LogP contribution is -2.13. The molecule has 1 aliphatic heterocycles. The molecule has 0 aliphatic carbocycles. The SMILES string of the molecule is CCOC(=O)C1=C(O)/C(=C\c2ccccc2OCc2ccccc2)N=C1C. The van der Waals surface area contributed by atoms with Gasteiger partial charge in [0.15, 0.2) is 5.76 Å². The third kappa shape index (κ3) is 4.26. The van der Waals surface area contributed by atoms with E-state index in [1.165, 1.54) is 0 Å². The number of hydrogen-bond acceptors (Lipinski definition) is 5. The van der Waals surface area contributed by atoms with Crippen molar-refractivity contribution in [3.05, 3.63) is 82.8 Å². The van der Waals surface area contributed by atoms with E-state index in [0.29, 0.717) is 23.8 Å². The van der Waals surface area contributed by atoms with Gasteiger partial charge in [-0.25, -0.2) is 9.79 Å². The molecule has 0 amide bonds. The van der Waals surface area contributed by atoms with Crippen LogP contribution in [0.5, 0.6) is 5.75 Å². The Labute approximate surface area is 158 Å². The first-order valence-electron chi connectivity index (χ1n) is 8.74. The number of carbonyl (C=O) groups excluding carboxylic acids is 1. The van der Waals surface area contributed by atoms with E-state index in [4.69, 9.17) is 9.47 Å². The lowest BCUT2D eigenvalue weighted by atomic mass is 10.1. The van der Waals surface area contributed by atoms with Crippen molar-refractivity contribution in [1.82, 2.24) is 0 Å². The Morgan fingerprint density at radius 2 is 1.81 bits per heavy atom. The van der Waals surface area contributed by atoms with Crippen molar-refractivity contribution in [2.75, 3.05) is 6.61 Å². The van der Waals surface area contributed by atoms with Crippen LogP contribution in [0, 0.1) is 0 Å². The lowest BCUT2D eigenvalue weighted by Gasteiger charge is -2.09. The zero-order valence-corrected chi connectivity index (χ0v) is 15.3. The van der Waals surface area contributed by atoms with Gasteiger partial charge in [-0.2, -0.15) is 0 Å². The summed E-state index contributed by atoms with van der Waals surface area (Å²) >= 11 is 0. The standard InChI is InChI=1S/C22H21NO4/c1-3-26-22(25)20-15(2)23-18(21(20)24)13-17-11-7-8-12-19(17)27-14-16-9-5-4-6-10-16/h4-13,24H,3,14H2,1-2H3/b18-13+.